The van der Waals surface area contributed by atoms with Crippen LogP contribution in [-0.2, 0) is 0 Å². The molecule has 0 aliphatic rings. The zero-order chi connectivity index (χ0) is 5.86. The molecule has 1 N–H and O–H groups in total. The van der Waals surface area contributed by atoms with E-state index in [-0.39, 0.29) is 4.83 Å². The molecule has 0 heterocycles. The van der Waals surface area contributed by atoms with Crippen molar-refractivity contribution in [1.29, 1.82) is 0 Å². The van der Waals surface area contributed by atoms with E-state index in [4.69, 9.17) is 16.7 Å². The van der Waals surface area contributed by atoms with Crippen molar-refractivity contribution in [2.24, 2.45) is 0 Å². The Morgan fingerprint density at radius 2 is 2.00 bits per heavy atom. The van der Waals surface area contributed by atoms with Gasteiger partial charge in [0.05, 0.1) is 4.83 Å². The second-order valence-electron chi connectivity index (χ2n) is 1.04. The molecular weight excluding hydrogens is 247 g/mol. The number of rotatable bonds is 2. The molecule has 0 aromatic heterocycles. The topological polar surface area (TPSA) is 20.2 Å². The molecule has 1 nitrogen and oxygen atoms in total. The lowest BCUT2D eigenvalue weighted by Gasteiger charge is -2.04. The van der Waals surface area contributed by atoms with Gasteiger partial charge in [-0.05, 0) is 0 Å². The predicted octanol–water partition coefficient (Wildman–Crippen LogP) is 1.70. The van der Waals surface area contributed by atoms with Crippen LogP contribution in [0.2, 0.25) is 0 Å². The third-order valence-electron chi connectivity index (χ3n) is 0.446. The number of alkyl halides is 3. The molecule has 7 heavy (non-hydrogen) atoms. The van der Waals surface area contributed by atoms with Crippen LogP contribution in [0.15, 0.2) is 0 Å². The average Bonchev–Trinajstić information content (AvgIpc) is 1.65. The minimum Gasteiger partial charge on any atom is -0.381 e. The van der Waals surface area contributed by atoms with Crippen LogP contribution in [0.4, 0.5) is 0 Å². The van der Waals surface area contributed by atoms with E-state index >= 15 is 0 Å². The smallest absolute Gasteiger partial charge is 0.122 e. The van der Waals surface area contributed by atoms with E-state index < -0.39 is 5.01 Å². The van der Waals surface area contributed by atoms with E-state index in [1.54, 1.807) is 0 Å². The molecule has 0 saturated heterocycles. The first kappa shape index (κ1) is 8.21. The van der Waals surface area contributed by atoms with E-state index in [1.807, 2.05) is 0 Å². The Balaban J connectivity index is 3.14. The standard InChI is InChI=1S/C3H5Br2ClO/c4-2(1-6)3(5)7/h2-3,7H,1H2. The molecule has 0 saturated carbocycles. The van der Waals surface area contributed by atoms with E-state index in [0.29, 0.717) is 5.88 Å². The zero-order valence-corrected chi connectivity index (χ0v) is 7.37. The summed E-state index contributed by atoms with van der Waals surface area (Å²) in [6, 6.07) is 0. The van der Waals surface area contributed by atoms with Gasteiger partial charge >= 0.3 is 0 Å². The molecule has 4 heteroatoms. The first-order valence-electron chi connectivity index (χ1n) is 1.70. The second kappa shape index (κ2) is 4.13. The number of hydrogen-bond donors (Lipinski definition) is 1. The largest absolute Gasteiger partial charge is 0.381 e. The van der Waals surface area contributed by atoms with E-state index in [2.05, 4.69) is 31.9 Å². The Hall–Kier alpha value is 1.21. The van der Waals surface area contributed by atoms with Gasteiger partial charge in [0.15, 0.2) is 0 Å². The van der Waals surface area contributed by atoms with Crippen molar-refractivity contribution in [3.8, 4) is 0 Å². The zero-order valence-electron chi connectivity index (χ0n) is 3.44. The summed E-state index contributed by atoms with van der Waals surface area (Å²) < 4.78 is 0. The minimum atomic E-state index is -0.537. The first-order chi connectivity index (χ1) is 3.18. The van der Waals surface area contributed by atoms with Crippen LogP contribution in [0, 0.1) is 0 Å². The Morgan fingerprint density at radius 3 is 2.00 bits per heavy atom. The highest BCUT2D eigenvalue weighted by atomic mass is 79.9. The van der Waals surface area contributed by atoms with Gasteiger partial charge in [0.1, 0.15) is 5.01 Å². The second-order valence-corrected chi connectivity index (χ2v) is 3.47. The van der Waals surface area contributed by atoms with E-state index in [1.165, 1.54) is 0 Å². The van der Waals surface area contributed by atoms with Crippen molar-refractivity contribution in [1.82, 2.24) is 0 Å². The predicted molar refractivity (Wildman–Crippen MR) is 38.4 cm³/mol. The Kier molecular flexibility index (Phi) is 4.84. The summed E-state index contributed by atoms with van der Waals surface area (Å²) in [4.78, 5) is -0.0471. The summed E-state index contributed by atoms with van der Waals surface area (Å²) >= 11 is 11.3. The fourth-order valence-corrected chi connectivity index (χ4v) is 0.644. The summed E-state index contributed by atoms with van der Waals surface area (Å²) in [6.45, 7) is 0. The minimum absolute atomic E-state index is 0.0471. The Labute approximate surface area is 64.3 Å². The monoisotopic (exact) mass is 250 g/mol. The van der Waals surface area contributed by atoms with Crippen LogP contribution in [0.1, 0.15) is 0 Å². The van der Waals surface area contributed by atoms with Crippen molar-refractivity contribution in [2.75, 3.05) is 5.88 Å². The third-order valence-corrected chi connectivity index (χ3v) is 3.32. The Bertz CT molecular complexity index is 50.2. The van der Waals surface area contributed by atoms with Crippen molar-refractivity contribution in [3.63, 3.8) is 0 Å². The molecule has 44 valence electrons. The maximum absolute atomic E-state index is 8.61. The van der Waals surface area contributed by atoms with Crippen molar-refractivity contribution < 1.29 is 5.11 Å². The Morgan fingerprint density at radius 1 is 1.57 bits per heavy atom. The van der Waals surface area contributed by atoms with Gasteiger partial charge in [-0.25, -0.2) is 0 Å². The lowest BCUT2D eigenvalue weighted by atomic mass is 10.5. The lowest BCUT2D eigenvalue weighted by Crippen LogP contribution is -2.13. The molecule has 0 spiro atoms. The van der Waals surface area contributed by atoms with Gasteiger partial charge in [0, 0.05) is 5.88 Å². The molecule has 0 rings (SSSR count). The van der Waals surface area contributed by atoms with Crippen LogP contribution >= 0.6 is 43.5 Å². The fourth-order valence-electron chi connectivity index (χ4n) is 0.0735. The highest BCUT2D eigenvalue weighted by molar-refractivity contribution is 9.12. The van der Waals surface area contributed by atoms with Gasteiger partial charge in [0.2, 0.25) is 0 Å². The molecule has 0 bridgehead atoms. The van der Waals surface area contributed by atoms with Gasteiger partial charge in [-0.15, -0.1) is 11.6 Å². The fraction of sp³-hybridized carbons (Fsp3) is 1.00. The summed E-state index contributed by atoms with van der Waals surface area (Å²) in [5.41, 5.74) is 0. The maximum Gasteiger partial charge on any atom is 0.122 e. The molecule has 0 aliphatic heterocycles. The van der Waals surface area contributed by atoms with Crippen molar-refractivity contribution >= 4 is 43.5 Å². The number of hydrogen-bond acceptors (Lipinski definition) is 1. The summed E-state index contributed by atoms with van der Waals surface area (Å²) in [7, 11) is 0. The van der Waals surface area contributed by atoms with Crippen LogP contribution < -0.4 is 0 Å². The van der Waals surface area contributed by atoms with Crippen LogP contribution in [0.3, 0.4) is 0 Å². The molecule has 0 fully saturated rings. The van der Waals surface area contributed by atoms with Crippen molar-refractivity contribution in [2.45, 2.75) is 9.84 Å². The highest BCUT2D eigenvalue weighted by Crippen LogP contribution is 2.11. The molecule has 2 atom stereocenters. The van der Waals surface area contributed by atoms with Gasteiger partial charge < -0.3 is 5.11 Å². The van der Waals surface area contributed by atoms with Crippen LogP contribution in [0.5, 0.6) is 0 Å². The van der Waals surface area contributed by atoms with Crippen LogP contribution in [0.25, 0.3) is 0 Å². The maximum atomic E-state index is 8.61. The van der Waals surface area contributed by atoms with Gasteiger partial charge in [-0.1, -0.05) is 31.9 Å². The molecule has 0 radical (unpaired) electrons. The van der Waals surface area contributed by atoms with Gasteiger partial charge in [-0.3, -0.25) is 0 Å². The summed E-state index contributed by atoms with van der Waals surface area (Å²) in [5, 5.41) is 8.07. The summed E-state index contributed by atoms with van der Waals surface area (Å²) in [6.07, 6.45) is 0. The quantitative estimate of drug-likeness (QED) is 0.742. The SMILES string of the molecule is OC(Br)C(Br)CCl. The van der Waals surface area contributed by atoms with Gasteiger partial charge in [-0.2, -0.15) is 0 Å². The number of aliphatic hydroxyl groups excluding tert-OH is 1. The number of aliphatic hydroxyl groups is 1. The molecular formula is C3H5Br2ClO. The van der Waals surface area contributed by atoms with Gasteiger partial charge in [0.25, 0.3) is 0 Å². The first-order valence-corrected chi connectivity index (χ1v) is 4.07. The molecule has 0 aromatic rings. The molecule has 0 amide bonds. The normalized spacial score (nSPS) is 18.9. The molecule has 0 aromatic carbocycles. The highest BCUT2D eigenvalue weighted by Gasteiger charge is 2.08. The van der Waals surface area contributed by atoms with E-state index in [0.717, 1.165) is 0 Å². The van der Waals surface area contributed by atoms with E-state index in [9.17, 15) is 0 Å². The molecule has 2 unspecified atom stereocenters. The van der Waals surface area contributed by atoms with Crippen LogP contribution in [-0.4, -0.2) is 20.8 Å². The number of halogens is 3. The van der Waals surface area contributed by atoms with Crippen molar-refractivity contribution in [3.05, 3.63) is 0 Å². The lowest BCUT2D eigenvalue weighted by molar-refractivity contribution is 0.274. The third kappa shape index (κ3) is 3.76. The summed E-state index contributed by atoms with van der Waals surface area (Å²) in [5.74, 6) is 0.409. The molecule has 0 aliphatic carbocycles. The average molecular weight is 252 g/mol.